The van der Waals surface area contributed by atoms with E-state index in [4.69, 9.17) is 0 Å². The van der Waals surface area contributed by atoms with Gasteiger partial charge in [-0.15, -0.1) is 0 Å². The summed E-state index contributed by atoms with van der Waals surface area (Å²) in [7, 11) is 0. The molecule has 1 aliphatic carbocycles. The fraction of sp³-hybridized carbons (Fsp3) is 0.353. The van der Waals surface area contributed by atoms with Gasteiger partial charge in [0.15, 0.2) is 0 Å². The van der Waals surface area contributed by atoms with Crippen LogP contribution >= 0.6 is 0 Å². The molecule has 2 heterocycles. The largest absolute Gasteiger partial charge is 0.481 e. The van der Waals surface area contributed by atoms with Crippen LogP contribution in [0.4, 0.5) is 10.2 Å². The third-order valence-corrected chi connectivity index (χ3v) is 4.76. The number of aromatic amines is 1. The van der Waals surface area contributed by atoms with Gasteiger partial charge in [0.05, 0.1) is 16.8 Å². The van der Waals surface area contributed by atoms with Crippen molar-refractivity contribution in [3.05, 3.63) is 30.3 Å². The van der Waals surface area contributed by atoms with E-state index < -0.39 is 11.9 Å². The van der Waals surface area contributed by atoms with E-state index in [2.05, 4.69) is 20.3 Å². The second-order valence-electron chi connectivity index (χ2n) is 6.24. The van der Waals surface area contributed by atoms with Gasteiger partial charge in [-0.1, -0.05) is 12.8 Å². The number of fused-ring (bicyclic) bond motifs is 3. The Morgan fingerprint density at radius 2 is 2.12 bits per heavy atom. The number of anilines is 1. The van der Waals surface area contributed by atoms with Gasteiger partial charge in [0.2, 0.25) is 0 Å². The van der Waals surface area contributed by atoms with E-state index in [1.54, 1.807) is 6.07 Å². The van der Waals surface area contributed by atoms with Crippen molar-refractivity contribution < 1.29 is 14.3 Å². The lowest BCUT2D eigenvalue weighted by Gasteiger charge is -2.29. The molecule has 0 aliphatic heterocycles. The fourth-order valence-corrected chi connectivity index (χ4v) is 3.59. The number of aromatic nitrogens is 3. The fourth-order valence-electron chi connectivity index (χ4n) is 3.59. The minimum absolute atomic E-state index is 0.167. The van der Waals surface area contributed by atoms with Crippen molar-refractivity contribution in [2.24, 2.45) is 5.92 Å². The Bertz CT molecular complexity index is 923. The summed E-state index contributed by atoms with van der Waals surface area (Å²) < 4.78 is 13.4. The lowest BCUT2D eigenvalue weighted by molar-refractivity contribution is -0.143. The number of aliphatic carboxylic acids is 1. The molecule has 1 aromatic carbocycles. The Morgan fingerprint density at radius 1 is 1.29 bits per heavy atom. The number of nitrogens with zero attached hydrogens (tertiary/aromatic N) is 2. The zero-order valence-electron chi connectivity index (χ0n) is 12.9. The van der Waals surface area contributed by atoms with Gasteiger partial charge in [0.25, 0.3) is 0 Å². The molecule has 0 saturated heterocycles. The average Bonchev–Trinajstić information content (AvgIpc) is 2.93. The molecule has 4 rings (SSSR count). The van der Waals surface area contributed by atoms with Gasteiger partial charge < -0.3 is 15.4 Å². The highest BCUT2D eigenvalue weighted by atomic mass is 19.1. The predicted molar refractivity (Wildman–Crippen MR) is 88.4 cm³/mol. The van der Waals surface area contributed by atoms with E-state index in [1.807, 2.05) is 0 Å². The van der Waals surface area contributed by atoms with Gasteiger partial charge in [-0.25, -0.2) is 14.4 Å². The van der Waals surface area contributed by atoms with E-state index in [1.165, 1.54) is 18.5 Å². The Balaban J connectivity index is 1.78. The van der Waals surface area contributed by atoms with E-state index >= 15 is 0 Å². The zero-order chi connectivity index (χ0) is 16.7. The predicted octanol–water partition coefficient (Wildman–Crippen LogP) is 3.31. The first-order valence-corrected chi connectivity index (χ1v) is 8.05. The first-order valence-electron chi connectivity index (χ1n) is 8.05. The Labute approximate surface area is 137 Å². The summed E-state index contributed by atoms with van der Waals surface area (Å²) in [6.07, 6.45) is 4.81. The summed E-state index contributed by atoms with van der Waals surface area (Å²) in [4.78, 5) is 23.1. The highest BCUT2D eigenvalue weighted by molar-refractivity contribution is 6.11. The summed E-state index contributed by atoms with van der Waals surface area (Å²) >= 11 is 0. The molecule has 2 atom stereocenters. The molecule has 1 aliphatic rings. The Kier molecular flexibility index (Phi) is 3.55. The van der Waals surface area contributed by atoms with E-state index in [-0.39, 0.29) is 11.9 Å². The second-order valence-corrected chi connectivity index (χ2v) is 6.24. The van der Waals surface area contributed by atoms with Crippen LogP contribution in [0.1, 0.15) is 25.7 Å². The number of benzene rings is 1. The van der Waals surface area contributed by atoms with Crippen molar-refractivity contribution in [3.63, 3.8) is 0 Å². The molecular formula is C17H17FN4O2. The molecule has 124 valence electrons. The summed E-state index contributed by atoms with van der Waals surface area (Å²) in [6.45, 7) is 0. The maximum atomic E-state index is 13.4. The SMILES string of the molecule is O=C(O)[C@@H]1CCCC[C@@H]1Nc1ncnc2[nH]c3cc(F)ccc3c12. The first kappa shape index (κ1) is 14.9. The van der Waals surface area contributed by atoms with E-state index in [0.29, 0.717) is 23.4 Å². The maximum absolute atomic E-state index is 13.4. The smallest absolute Gasteiger partial charge is 0.308 e. The van der Waals surface area contributed by atoms with Crippen LogP contribution in [-0.4, -0.2) is 32.1 Å². The van der Waals surface area contributed by atoms with Gasteiger partial charge in [0.1, 0.15) is 23.6 Å². The van der Waals surface area contributed by atoms with Crippen molar-refractivity contribution >= 4 is 33.7 Å². The summed E-state index contributed by atoms with van der Waals surface area (Å²) in [5, 5.41) is 14.3. The molecule has 2 aromatic heterocycles. The van der Waals surface area contributed by atoms with Gasteiger partial charge in [-0.2, -0.15) is 0 Å². The highest BCUT2D eigenvalue weighted by Gasteiger charge is 2.31. The molecule has 3 aromatic rings. The van der Waals surface area contributed by atoms with E-state index in [9.17, 15) is 14.3 Å². The lowest BCUT2D eigenvalue weighted by Crippen LogP contribution is -2.37. The third-order valence-electron chi connectivity index (χ3n) is 4.76. The number of rotatable bonds is 3. The normalized spacial score (nSPS) is 21.2. The molecule has 24 heavy (non-hydrogen) atoms. The van der Waals surface area contributed by atoms with Crippen LogP contribution in [0.3, 0.4) is 0 Å². The number of hydrogen-bond donors (Lipinski definition) is 3. The van der Waals surface area contributed by atoms with Crippen LogP contribution in [-0.2, 0) is 4.79 Å². The number of hydrogen-bond acceptors (Lipinski definition) is 4. The molecule has 0 unspecified atom stereocenters. The minimum atomic E-state index is -0.779. The molecule has 6 nitrogen and oxygen atoms in total. The van der Waals surface area contributed by atoms with Crippen LogP contribution in [0.2, 0.25) is 0 Å². The average molecular weight is 328 g/mol. The standard InChI is InChI=1S/C17H17FN4O2/c18-9-5-6-10-13(7-9)22-16-14(10)15(19-8-20-16)21-12-4-2-1-3-11(12)17(23)24/h5-8,11-12H,1-4H2,(H,23,24)(H2,19,20,21,22)/t11-,12+/m1/s1. The number of halogens is 1. The van der Waals surface area contributed by atoms with Crippen molar-refractivity contribution in [3.8, 4) is 0 Å². The van der Waals surface area contributed by atoms with Crippen LogP contribution in [0.15, 0.2) is 24.5 Å². The maximum Gasteiger partial charge on any atom is 0.308 e. The first-order chi connectivity index (χ1) is 11.6. The van der Waals surface area contributed by atoms with Crippen LogP contribution in [0.5, 0.6) is 0 Å². The van der Waals surface area contributed by atoms with Gasteiger partial charge >= 0.3 is 5.97 Å². The number of H-pyrrole nitrogens is 1. The second kappa shape index (κ2) is 5.74. The molecule has 3 N–H and O–H groups in total. The Morgan fingerprint density at radius 3 is 2.96 bits per heavy atom. The summed E-state index contributed by atoms with van der Waals surface area (Å²) in [6, 6.07) is 4.34. The van der Waals surface area contributed by atoms with Crippen LogP contribution in [0, 0.1) is 11.7 Å². The van der Waals surface area contributed by atoms with Crippen molar-refractivity contribution in [1.82, 2.24) is 15.0 Å². The van der Waals surface area contributed by atoms with E-state index in [0.717, 1.165) is 30.0 Å². The third kappa shape index (κ3) is 2.46. The topological polar surface area (TPSA) is 90.9 Å². The highest BCUT2D eigenvalue weighted by Crippen LogP contribution is 2.32. The number of carboxylic acid groups (broad SMARTS) is 1. The Hall–Kier alpha value is -2.70. The quantitative estimate of drug-likeness (QED) is 0.686. The molecule has 0 radical (unpaired) electrons. The van der Waals surface area contributed by atoms with Crippen LogP contribution in [0.25, 0.3) is 21.9 Å². The molecular weight excluding hydrogens is 311 g/mol. The minimum Gasteiger partial charge on any atom is -0.481 e. The van der Waals surface area contributed by atoms with Gasteiger partial charge in [-0.3, -0.25) is 4.79 Å². The molecule has 0 amide bonds. The number of nitrogens with one attached hydrogen (secondary N) is 2. The van der Waals surface area contributed by atoms with Crippen molar-refractivity contribution in [2.45, 2.75) is 31.7 Å². The summed E-state index contributed by atoms with van der Waals surface area (Å²) in [5.74, 6) is -0.935. The van der Waals surface area contributed by atoms with Crippen molar-refractivity contribution in [2.75, 3.05) is 5.32 Å². The number of carboxylic acids is 1. The van der Waals surface area contributed by atoms with Gasteiger partial charge in [-0.05, 0) is 31.0 Å². The molecule has 7 heteroatoms. The van der Waals surface area contributed by atoms with Crippen LogP contribution < -0.4 is 5.32 Å². The van der Waals surface area contributed by atoms with Crippen molar-refractivity contribution in [1.29, 1.82) is 0 Å². The monoisotopic (exact) mass is 328 g/mol. The van der Waals surface area contributed by atoms with Gasteiger partial charge in [0, 0.05) is 11.4 Å². The number of carbonyl (C=O) groups is 1. The molecule has 1 saturated carbocycles. The molecule has 0 bridgehead atoms. The lowest BCUT2D eigenvalue weighted by atomic mass is 9.84. The molecule has 0 spiro atoms. The molecule has 1 fully saturated rings. The zero-order valence-corrected chi connectivity index (χ0v) is 12.9. The summed E-state index contributed by atoms with van der Waals surface area (Å²) in [5.41, 5.74) is 1.25.